The van der Waals surface area contributed by atoms with Crippen LogP contribution in [0.25, 0.3) is 11.1 Å². The lowest BCUT2D eigenvalue weighted by Gasteiger charge is -2.47. The second-order valence-corrected chi connectivity index (χ2v) is 10.5. The number of hydrogen-bond acceptors (Lipinski definition) is 4. The molecule has 0 spiro atoms. The van der Waals surface area contributed by atoms with Crippen LogP contribution in [0, 0.1) is 5.92 Å². The highest BCUT2D eigenvalue weighted by atomic mass is 16.2. The molecule has 1 aromatic carbocycles. The number of aromatic nitrogens is 1. The average Bonchev–Trinajstić information content (AvgIpc) is 2.80. The first-order chi connectivity index (χ1) is 15.9. The normalized spacial score (nSPS) is 23.6. The van der Waals surface area contributed by atoms with Crippen LogP contribution in [-0.4, -0.2) is 71.5 Å². The standard InChI is InChI=1S/C27H36N4O2/c1-19(32)29-12-10-23(11-13-29)30-15-20-14-22(18-30)26-9-8-25(27(33)31(26)16-20)24-7-5-4-6-21(24)17-28(2)3/h4-9,20,22-23H,10-18H2,1-3H3/t20-,22+/m0/s1. The Hall–Kier alpha value is -2.44. The minimum absolute atomic E-state index is 0.164. The second-order valence-electron chi connectivity index (χ2n) is 10.5. The molecule has 5 rings (SSSR count). The molecule has 2 aromatic rings. The molecule has 0 aliphatic carbocycles. The lowest BCUT2D eigenvalue weighted by atomic mass is 9.81. The van der Waals surface area contributed by atoms with Crippen LogP contribution in [0.1, 0.15) is 43.4 Å². The van der Waals surface area contributed by atoms with Gasteiger partial charge in [-0.2, -0.15) is 0 Å². The Labute approximate surface area is 196 Å². The predicted octanol–water partition coefficient (Wildman–Crippen LogP) is 3.01. The van der Waals surface area contributed by atoms with Crippen LogP contribution in [0.2, 0.25) is 0 Å². The van der Waals surface area contributed by atoms with Crippen molar-refractivity contribution in [3.05, 3.63) is 58.0 Å². The van der Waals surface area contributed by atoms with Crippen molar-refractivity contribution in [2.24, 2.45) is 5.92 Å². The van der Waals surface area contributed by atoms with Crippen LogP contribution < -0.4 is 5.56 Å². The molecule has 6 heteroatoms. The van der Waals surface area contributed by atoms with Gasteiger partial charge in [-0.25, -0.2) is 0 Å². The summed E-state index contributed by atoms with van der Waals surface area (Å²) >= 11 is 0. The smallest absolute Gasteiger partial charge is 0.258 e. The minimum atomic E-state index is 0.164. The quantitative estimate of drug-likeness (QED) is 0.722. The number of carbonyl (C=O) groups is 1. The Morgan fingerprint density at radius 2 is 1.76 bits per heavy atom. The zero-order valence-corrected chi connectivity index (χ0v) is 20.2. The number of likely N-dealkylation sites (tertiary alicyclic amines) is 2. The van der Waals surface area contributed by atoms with Crippen LogP contribution >= 0.6 is 0 Å². The molecule has 176 valence electrons. The van der Waals surface area contributed by atoms with Gasteiger partial charge in [0.15, 0.2) is 0 Å². The number of carbonyl (C=O) groups excluding carboxylic acids is 1. The molecule has 2 saturated heterocycles. The second kappa shape index (κ2) is 9.07. The van der Waals surface area contributed by atoms with Crippen molar-refractivity contribution in [2.45, 2.75) is 51.2 Å². The van der Waals surface area contributed by atoms with Crippen LogP contribution in [-0.2, 0) is 17.9 Å². The molecule has 1 amide bonds. The molecule has 6 nitrogen and oxygen atoms in total. The molecule has 2 fully saturated rings. The fourth-order valence-corrected chi connectivity index (χ4v) is 6.29. The van der Waals surface area contributed by atoms with Gasteiger partial charge in [-0.05, 0) is 62.5 Å². The molecule has 3 aliphatic heterocycles. The molecule has 2 atom stereocenters. The zero-order valence-electron chi connectivity index (χ0n) is 20.2. The van der Waals surface area contributed by atoms with E-state index in [0.717, 1.165) is 63.2 Å². The zero-order chi connectivity index (χ0) is 23.1. The topological polar surface area (TPSA) is 48.8 Å². The molecule has 0 N–H and O–H groups in total. The molecule has 2 bridgehead atoms. The maximum absolute atomic E-state index is 13.7. The van der Waals surface area contributed by atoms with Gasteiger partial charge in [-0.3, -0.25) is 14.5 Å². The summed E-state index contributed by atoms with van der Waals surface area (Å²) in [4.78, 5) is 32.1. The van der Waals surface area contributed by atoms with Gasteiger partial charge in [-0.1, -0.05) is 24.3 Å². The highest BCUT2D eigenvalue weighted by Crippen LogP contribution is 2.38. The van der Waals surface area contributed by atoms with Crippen LogP contribution in [0.3, 0.4) is 0 Å². The Kier molecular flexibility index (Phi) is 6.14. The minimum Gasteiger partial charge on any atom is -0.343 e. The lowest BCUT2D eigenvalue weighted by molar-refractivity contribution is -0.130. The molecule has 1 aromatic heterocycles. The Bertz CT molecular complexity index is 1080. The van der Waals surface area contributed by atoms with E-state index in [1.807, 2.05) is 11.0 Å². The molecule has 4 heterocycles. The fourth-order valence-electron chi connectivity index (χ4n) is 6.29. The van der Waals surface area contributed by atoms with Gasteiger partial charge in [0.1, 0.15) is 0 Å². The van der Waals surface area contributed by atoms with Crippen molar-refractivity contribution in [3.63, 3.8) is 0 Å². The summed E-state index contributed by atoms with van der Waals surface area (Å²) in [5.74, 6) is 1.13. The number of piperidine rings is 2. The number of fused-ring (bicyclic) bond motifs is 4. The summed E-state index contributed by atoms with van der Waals surface area (Å²) in [7, 11) is 4.13. The summed E-state index contributed by atoms with van der Waals surface area (Å²) in [5, 5.41) is 0. The Morgan fingerprint density at radius 3 is 2.48 bits per heavy atom. The monoisotopic (exact) mass is 448 g/mol. The van der Waals surface area contributed by atoms with Gasteiger partial charge in [0.05, 0.1) is 0 Å². The molecular weight excluding hydrogens is 412 g/mol. The molecule has 33 heavy (non-hydrogen) atoms. The van der Waals surface area contributed by atoms with Gasteiger partial charge in [0.25, 0.3) is 5.56 Å². The average molecular weight is 449 g/mol. The van der Waals surface area contributed by atoms with Crippen molar-refractivity contribution in [1.29, 1.82) is 0 Å². The molecular formula is C27H36N4O2. The maximum atomic E-state index is 13.7. The van der Waals surface area contributed by atoms with Gasteiger partial charge in [-0.15, -0.1) is 0 Å². The maximum Gasteiger partial charge on any atom is 0.258 e. The number of pyridine rings is 1. The van der Waals surface area contributed by atoms with E-state index in [2.05, 4.69) is 58.8 Å². The van der Waals surface area contributed by atoms with Gasteiger partial charge >= 0.3 is 0 Å². The van der Waals surface area contributed by atoms with Crippen molar-refractivity contribution in [2.75, 3.05) is 40.3 Å². The van der Waals surface area contributed by atoms with Crippen molar-refractivity contribution < 1.29 is 4.79 Å². The van der Waals surface area contributed by atoms with Crippen LogP contribution in [0.4, 0.5) is 0 Å². The van der Waals surface area contributed by atoms with E-state index in [4.69, 9.17) is 0 Å². The number of nitrogens with zero attached hydrogens (tertiary/aromatic N) is 4. The van der Waals surface area contributed by atoms with E-state index >= 15 is 0 Å². The van der Waals surface area contributed by atoms with Crippen molar-refractivity contribution in [3.8, 4) is 11.1 Å². The van der Waals surface area contributed by atoms with E-state index in [-0.39, 0.29) is 11.5 Å². The van der Waals surface area contributed by atoms with Crippen molar-refractivity contribution in [1.82, 2.24) is 19.3 Å². The first kappa shape index (κ1) is 22.4. The SMILES string of the molecule is CC(=O)N1CCC(N2C[C@@H]3C[C@H](C2)c2ccc(-c4ccccc4CN(C)C)c(=O)n2C3)CC1. The summed E-state index contributed by atoms with van der Waals surface area (Å²) in [6, 6.07) is 13.1. The third-order valence-electron chi connectivity index (χ3n) is 7.85. The first-order valence-electron chi connectivity index (χ1n) is 12.4. The van der Waals surface area contributed by atoms with E-state index in [0.29, 0.717) is 17.9 Å². The lowest BCUT2D eigenvalue weighted by Crippen LogP contribution is -2.53. The van der Waals surface area contributed by atoms with Gasteiger partial charge in [0.2, 0.25) is 5.91 Å². The summed E-state index contributed by atoms with van der Waals surface area (Å²) < 4.78 is 2.08. The van der Waals surface area contributed by atoms with Crippen LogP contribution in [0.15, 0.2) is 41.2 Å². The van der Waals surface area contributed by atoms with E-state index < -0.39 is 0 Å². The fraction of sp³-hybridized carbons (Fsp3) is 0.556. The van der Waals surface area contributed by atoms with E-state index in [1.165, 1.54) is 17.7 Å². The van der Waals surface area contributed by atoms with E-state index in [9.17, 15) is 9.59 Å². The van der Waals surface area contributed by atoms with Gasteiger partial charge < -0.3 is 14.4 Å². The molecule has 0 saturated carbocycles. The highest BCUT2D eigenvalue weighted by Gasteiger charge is 2.38. The molecule has 0 radical (unpaired) electrons. The number of amides is 1. The summed E-state index contributed by atoms with van der Waals surface area (Å²) in [6.07, 6.45) is 3.31. The molecule has 0 unspecified atom stereocenters. The largest absolute Gasteiger partial charge is 0.343 e. The number of hydrogen-bond donors (Lipinski definition) is 0. The van der Waals surface area contributed by atoms with Crippen LogP contribution in [0.5, 0.6) is 0 Å². The van der Waals surface area contributed by atoms with E-state index in [1.54, 1.807) is 6.92 Å². The Morgan fingerprint density at radius 1 is 1.00 bits per heavy atom. The Balaban J connectivity index is 1.39. The summed E-state index contributed by atoms with van der Waals surface area (Å²) in [6.45, 7) is 7.14. The highest BCUT2D eigenvalue weighted by molar-refractivity contribution is 5.73. The van der Waals surface area contributed by atoms with Crippen molar-refractivity contribution >= 4 is 5.91 Å². The van der Waals surface area contributed by atoms with Gasteiger partial charge in [0, 0.05) is 69.4 Å². The molecule has 3 aliphatic rings. The third kappa shape index (κ3) is 4.38. The summed E-state index contributed by atoms with van der Waals surface area (Å²) in [5.41, 5.74) is 4.44. The number of benzene rings is 1. The third-order valence-corrected chi connectivity index (χ3v) is 7.85. The first-order valence-corrected chi connectivity index (χ1v) is 12.4. The number of rotatable bonds is 4. The predicted molar refractivity (Wildman–Crippen MR) is 131 cm³/mol.